The Morgan fingerprint density at radius 2 is 1.96 bits per heavy atom. The van der Waals surface area contributed by atoms with Gasteiger partial charge in [-0.2, -0.15) is 0 Å². The first-order chi connectivity index (χ1) is 11.0. The molecule has 1 saturated heterocycles. The van der Waals surface area contributed by atoms with Crippen LogP contribution in [0.2, 0.25) is 0 Å². The van der Waals surface area contributed by atoms with Crippen LogP contribution in [-0.4, -0.2) is 49.6 Å². The van der Waals surface area contributed by atoms with Crippen LogP contribution in [-0.2, 0) is 16.4 Å². The minimum atomic E-state index is -3.10. The Bertz CT molecular complexity index is 684. The molecule has 5 heteroatoms. The second-order valence-electron chi connectivity index (χ2n) is 7.42. The number of fused-ring (bicyclic) bond motifs is 3. The van der Waals surface area contributed by atoms with E-state index < -0.39 is 10.0 Å². The van der Waals surface area contributed by atoms with Crippen molar-refractivity contribution in [1.29, 1.82) is 0 Å². The van der Waals surface area contributed by atoms with Gasteiger partial charge in [0.15, 0.2) is 0 Å². The number of hydrogen-bond donors (Lipinski definition) is 0. The molecule has 1 saturated carbocycles. The fourth-order valence-corrected chi connectivity index (χ4v) is 6.00. The van der Waals surface area contributed by atoms with Crippen LogP contribution in [0.3, 0.4) is 0 Å². The van der Waals surface area contributed by atoms with E-state index in [0.29, 0.717) is 17.7 Å². The lowest BCUT2D eigenvalue weighted by molar-refractivity contribution is 0.0969. The Morgan fingerprint density at radius 1 is 1.17 bits per heavy atom. The van der Waals surface area contributed by atoms with Crippen LogP contribution >= 0.6 is 0 Å². The van der Waals surface area contributed by atoms with E-state index in [1.54, 1.807) is 11.4 Å². The standard InChI is InChI=1S/C18H26N2O2S/c1-19(23(21,22)13-14-6-7-14)16-9-11-20-10-8-15-4-2-3-5-17(15)18(20)12-16/h2-5,14,16,18H,6-13H2,1H3/t16-,18+/m1/s1. The van der Waals surface area contributed by atoms with Crippen molar-refractivity contribution in [2.24, 2.45) is 5.92 Å². The van der Waals surface area contributed by atoms with Crippen LogP contribution < -0.4 is 0 Å². The van der Waals surface area contributed by atoms with Crippen molar-refractivity contribution < 1.29 is 8.42 Å². The lowest BCUT2D eigenvalue weighted by Gasteiger charge is -2.45. The summed E-state index contributed by atoms with van der Waals surface area (Å²) >= 11 is 0. The van der Waals surface area contributed by atoms with Crippen molar-refractivity contribution >= 4 is 10.0 Å². The van der Waals surface area contributed by atoms with Crippen LogP contribution in [0, 0.1) is 5.92 Å². The summed E-state index contributed by atoms with van der Waals surface area (Å²) in [5.41, 5.74) is 2.86. The molecule has 1 aromatic rings. The summed E-state index contributed by atoms with van der Waals surface area (Å²) in [4.78, 5) is 2.54. The number of nitrogens with zero attached hydrogens (tertiary/aromatic N) is 2. The molecule has 1 aromatic carbocycles. The van der Waals surface area contributed by atoms with Crippen molar-refractivity contribution in [3.05, 3.63) is 35.4 Å². The van der Waals surface area contributed by atoms with Gasteiger partial charge >= 0.3 is 0 Å². The van der Waals surface area contributed by atoms with Gasteiger partial charge in [-0.3, -0.25) is 4.90 Å². The molecule has 0 amide bonds. The number of benzene rings is 1. The molecule has 0 spiro atoms. The quantitative estimate of drug-likeness (QED) is 0.849. The van der Waals surface area contributed by atoms with Crippen LogP contribution in [0.1, 0.15) is 42.9 Å². The molecule has 126 valence electrons. The highest BCUT2D eigenvalue weighted by atomic mass is 32.2. The molecule has 1 aliphatic carbocycles. The zero-order valence-electron chi connectivity index (χ0n) is 13.8. The topological polar surface area (TPSA) is 40.6 Å². The SMILES string of the molecule is CN([C@@H]1CCN2CCc3ccccc3[C@@H]2C1)S(=O)(=O)CC1CC1. The number of hydrogen-bond acceptors (Lipinski definition) is 3. The Labute approximate surface area is 139 Å². The summed E-state index contributed by atoms with van der Waals surface area (Å²) in [7, 11) is -1.30. The summed E-state index contributed by atoms with van der Waals surface area (Å²) in [6, 6.07) is 9.21. The average Bonchev–Trinajstić information content (AvgIpc) is 3.36. The highest BCUT2D eigenvalue weighted by molar-refractivity contribution is 7.89. The van der Waals surface area contributed by atoms with Gasteiger partial charge in [0.1, 0.15) is 0 Å². The molecule has 0 unspecified atom stereocenters. The molecular formula is C18H26N2O2S. The van der Waals surface area contributed by atoms with E-state index in [1.165, 1.54) is 11.1 Å². The van der Waals surface area contributed by atoms with Crippen molar-refractivity contribution in [3.8, 4) is 0 Å². The van der Waals surface area contributed by atoms with Gasteiger partial charge in [0.25, 0.3) is 0 Å². The average molecular weight is 334 g/mol. The summed E-state index contributed by atoms with van der Waals surface area (Å²) in [6.07, 6.45) is 5.17. The van der Waals surface area contributed by atoms with Crippen LogP contribution in [0.5, 0.6) is 0 Å². The van der Waals surface area contributed by atoms with Crippen molar-refractivity contribution in [2.45, 2.75) is 44.2 Å². The molecule has 0 aromatic heterocycles. The normalized spacial score (nSPS) is 28.4. The molecule has 2 heterocycles. The lowest BCUT2D eigenvalue weighted by Crippen LogP contribution is -2.49. The van der Waals surface area contributed by atoms with Gasteiger partial charge in [-0.25, -0.2) is 12.7 Å². The van der Waals surface area contributed by atoms with Crippen LogP contribution in [0.4, 0.5) is 0 Å². The summed E-state index contributed by atoms with van der Waals surface area (Å²) in [5, 5.41) is 0. The molecule has 0 radical (unpaired) electrons. The lowest BCUT2D eigenvalue weighted by atomic mass is 9.85. The van der Waals surface area contributed by atoms with Gasteiger partial charge < -0.3 is 0 Å². The second-order valence-corrected chi connectivity index (χ2v) is 9.49. The summed E-state index contributed by atoms with van der Waals surface area (Å²) in [5.74, 6) is 0.767. The number of sulfonamides is 1. The first-order valence-electron chi connectivity index (χ1n) is 8.82. The van der Waals surface area contributed by atoms with Crippen molar-refractivity contribution in [2.75, 3.05) is 25.9 Å². The monoisotopic (exact) mass is 334 g/mol. The third-order valence-corrected chi connectivity index (χ3v) is 7.93. The smallest absolute Gasteiger partial charge is 0.214 e. The van der Waals surface area contributed by atoms with E-state index in [0.717, 1.165) is 45.2 Å². The molecule has 0 bridgehead atoms. The first-order valence-corrected chi connectivity index (χ1v) is 10.4. The van der Waals surface area contributed by atoms with Crippen molar-refractivity contribution in [3.63, 3.8) is 0 Å². The summed E-state index contributed by atoms with van der Waals surface area (Å²) < 4.78 is 26.9. The predicted molar refractivity (Wildman–Crippen MR) is 91.8 cm³/mol. The van der Waals surface area contributed by atoms with E-state index in [4.69, 9.17) is 0 Å². The van der Waals surface area contributed by atoms with E-state index in [9.17, 15) is 8.42 Å². The minimum absolute atomic E-state index is 0.145. The maximum atomic E-state index is 12.6. The van der Waals surface area contributed by atoms with Crippen LogP contribution in [0.15, 0.2) is 24.3 Å². The maximum Gasteiger partial charge on any atom is 0.214 e. The van der Waals surface area contributed by atoms with Gasteiger partial charge in [-0.05, 0) is 49.1 Å². The fourth-order valence-electron chi connectivity index (χ4n) is 4.19. The molecule has 0 N–H and O–H groups in total. The highest BCUT2D eigenvalue weighted by Crippen LogP contribution is 2.39. The first kappa shape index (κ1) is 15.6. The zero-order valence-corrected chi connectivity index (χ0v) is 14.6. The summed E-state index contributed by atoms with van der Waals surface area (Å²) in [6.45, 7) is 2.11. The molecule has 2 atom stereocenters. The van der Waals surface area contributed by atoms with Gasteiger partial charge in [0, 0.05) is 32.2 Å². The molecule has 3 aliphatic rings. The third-order valence-electron chi connectivity index (χ3n) is 5.86. The minimum Gasteiger partial charge on any atom is -0.296 e. The van der Waals surface area contributed by atoms with E-state index in [2.05, 4.69) is 29.2 Å². The highest BCUT2D eigenvalue weighted by Gasteiger charge is 2.39. The van der Waals surface area contributed by atoms with Gasteiger partial charge in [0.05, 0.1) is 5.75 Å². The number of rotatable bonds is 4. The third kappa shape index (κ3) is 3.06. The predicted octanol–water partition coefficient (Wildman–Crippen LogP) is 2.42. The largest absolute Gasteiger partial charge is 0.296 e. The molecule has 4 nitrogen and oxygen atoms in total. The maximum absolute atomic E-state index is 12.6. The van der Waals surface area contributed by atoms with Crippen LogP contribution in [0.25, 0.3) is 0 Å². The Balaban J connectivity index is 1.53. The zero-order chi connectivity index (χ0) is 16.0. The molecule has 2 aliphatic heterocycles. The molecule has 2 fully saturated rings. The molecular weight excluding hydrogens is 308 g/mol. The Kier molecular flexibility index (Phi) is 3.98. The Morgan fingerprint density at radius 3 is 2.74 bits per heavy atom. The van der Waals surface area contributed by atoms with Gasteiger partial charge in [-0.1, -0.05) is 24.3 Å². The van der Waals surface area contributed by atoms with E-state index in [-0.39, 0.29) is 6.04 Å². The fraction of sp³-hybridized carbons (Fsp3) is 0.667. The second kappa shape index (κ2) is 5.87. The van der Waals surface area contributed by atoms with Gasteiger partial charge in [-0.15, -0.1) is 0 Å². The van der Waals surface area contributed by atoms with Crippen molar-refractivity contribution in [1.82, 2.24) is 9.21 Å². The molecule has 4 rings (SSSR count). The van der Waals surface area contributed by atoms with E-state index in [1.807, 2.05) is 0 Å². The Hall–Kier alpha value is -0.910. The van der Waals surface area contributed by atoms with Gasteiger partial charge in [0.2, 0.25) is 10.0 Å². The number of piperidine rings is 1. The van der Waals surface area contributed by atoms with E-state index >= 15 is 0 Å². The molecule has 23 heavy (non-hydrogen) atoms.